The number of carbonyl (C=O) groups is 2. The maximum absolute atomic E-state index is 12.7. The van der Waals surface area contributed by atoms with Gasteiger partial charge in [-0.3, -0.25) is 4.79 Å². The van der Waals surface area contributed by atoms with Crippen molar-refractivity contribution in [2.45, 2.75) is 65.0 Å². The van der Waals surface area contributed by atoms with Crippen LogP contribution in [0.5, 0.6) is 5.75 Å². The van der Waals surface area contributed by atoms with Crippen LogP contribution < -0.4 is 4.74 Å². The van der Waals surface area contributed by atoms with Crippen molar-refractivity contribution in [3.8, 4) is 5.75 Å². The van der Waals surface area contributed by atoms with Crippen LogP contribution in [0.15, 0.2) is 47.1 Å². The number of aliphatic carboxylic acids is 1. The average molecular weight is 440 g/mol. The molecule has 0 fully saturated rings. The summed E-state index contributed by atoms with van der Waals surface area (Å²) in [5.41, 5.74) is 1.87. The van der Waals surface area contributed by atoms with Crippen molar-refractivity contribution in [1.29, 1.82) is 0 Å². The van der Waals surface area contributed by atoms with Gasteiger partial charge < -0.3 is 19.2 Å². The molecule has 6 heteroatoms. The van der Waals surface area contributed by atoms with Gasteiger partial charge in [0.05, 0.1) is 12.9 Å². The van der Waals surface area contributed by atoms with E-state index >= 15 is 0 Å². The van der Waals surface area contributed by atoms with E-state index in [1.54, 1.807) is 18.2 Å². The number of carboxylic acid groups (broad SMARTS) is 1. The summed E-state index contributed by atoms with van der Waals surface area (Å²) in [6.07, 6.45) is 10.6. The lowest BCUT2D eigenvalue weighted by molar-refractivity contribution is -0.149. The molecule has 0 aliphatic carbocycles. The lowest BCUT2D eigenvalue weighted by Crippen LogP contribution is -2.48. The van der Waals surface area contributed by atoms with E-state index in [-0.39, 0.29) is 18.9 Å². The van der Waals surface area contributed by atoms with Crippen molar-refractivity contribution < 1.29 is 23.8 Å². The van der Waals surface area contributed by atoms with Gasteiger partial charge in [0.1, 0.15) is 17.6 Å². The molecule has 6 nitrogen and oxygen atoms in total. The Hall–Kier alpha value is -3.02. The summed E-state index contributed by atoms with van der Waals surface area (Å²) in [5, 5.41) is 9.66. The first kappa shape index (κ1) is 23.6. The van der Waals surface area contributed by atoms with Crippen LogP contribution in [-0.2, 0) is 22.6 Å². The van der Waals surface area contributed by atoms with E-state index in [0.29, 0.717) is 12.4 Å². The smallest absolute Gasteiger partial charge is 0.326 e. The first-order valence-electron chi connectivity index (χ1n) is 11.4. The van der Waals surface area contributed by atoms with Gasteiger partial charge >= 0.3 is 5.97 Å². The maximum atomic E-state index is 12.7. The Balaban J connectivity index is 1.58. The Morgan fingerprint density at radius 1 is 1.19 bits per heavy atom. The molecule has 0 bridgehead atoms. The number of rotatable bonds is 11. The molecule has 0 saturated carbocycles. The van der Waals surface area contributed by atoms with E-state index < -0.39 is 12.0 Å². The molecule has 0 spiro atoms. The fraction of sp³-hybridized carbons (Fsp3) is 0.462. The summed E-state index contributed by atoms with van der Waals surface area (Å²) >= 11 is 0. The highest BCUT2D eigenvalue weighted by atomic mass is 16.5. The molecule has 1 aromatic carbocycles. The summed E-state index contributed by atoms with van der Waals surface area (Å²) < 4.78 is 11.1. The van der Waals surface area contributed by atoms with Gasteiger partial charge in [-0.25, -0.2) is 4.79 Å². The van der Waals surface area contributed by atoms with Gasteiger partial charge in [-0.2, -0.15) is 0 Å². The predicted molar refractivity (Wildman–Crippen MR) is 123 cm³/mol. The molecule has 0 unspecified atom stereocenters. The minimum atomic E-state index is -1.01. The van der Waals surface area contributed by atoms with Gasteiger partial charge in [0.15, 0.2) is 0 Å². The molecule has 2 heterocycles. The van der Waals surface area contributed by atoms with E-state index in [0.717, 1.165) is 35.6 Å². The maximum Gasteiger partial charge on any atom is 0.326 e. The van der Waals surface area contributed by atoms with Crippen molar-refractivity contribution in [2.75, 3.05) is 6.61 Å². The lowest BCUT2D eigenvalue weighted by Gasteiger charge is -2.34. The third-order valence-corrected chi connectivity index (χ3v) is 5.75. The first-order valence-corrected chi connectivity index (χ1v) is 11.4. The van der Waals surface area contributed by atoms with Crippen LogP contribution in [0.4, 0.5) is 0 Å². The van der Waals surface area contributed by atoms with Crippen molar-refractivity contribution in [3.05, 3.63) is 59.6 Å². The Labute approximate surface area is 189 Å². The van der Waals surface area contributed by atoms with Gasteiger partial charge in [0.25, 0.3) is 0 Å². The average Bonchev–Trinajstić information content (AvgIpc) is 3.29. The largest absolute Gasteiger partial charge is 0.494 e. The van der Waals surface area contributed by atoms with E-state index in [1.807, 2.05) is 18.2 Å². The number of hydrogen-bond donors (Lipinski definition) is 1. The molecular formula is C26H33NO5. The number of furan rings is 1. The van der Waals surface area contributed by atoms with Crippen LogP contribution in [0.25, 0.3) is 6.08 Å². The van der Waals surface area contributed by atoms with Crippen LogP contribution in [0.2, 0.25) is 0 Å². The summed E-state index contributed by atoms with van der Waals surface area (Å²) in [5.74, 6) is 0.704. The number of ether oxygens (including phenoxy) is 1. The third kappa shape index (κ3) is 6.74. The number of fused-ring (bicyclic) bond motifs is 1. The van der Waals surface area contributed by atoms with E-state index in [1.165, 1.54) is 36.5 Å². The molecule has 0 radical (unpaired) electrons. The van der Waals surface area contributed by atoms with Gasteiger partial charge in [-0.15, -0.1) is 0 Å². The van der Waals surface area contributed by atoms with Crippen LogP contribution in [0, 0.1) is 5.92 Å². The molecule has 32 heavy (non-hydrogen) atoms. The fourth-order valence-corrected chi connectivity index (χ4v) is 3.94. The van der Waals surface area contributed by atoms with Gasteiger partial charge in [-0.05, 0) is 53.8 Å². The number of benzene rings is 1. The molecule has 1 aliphatic rings. The van der Waals surface area contributed by atoms with E-state index in [2.05, 4.69) is 13.8 Å². The standard InChI is InChI=1S/C26H33NO5/c1-19(2)8-5-3-4-6-14-32-23-11-10-20-17-24(26(29)30)27(18-21(20)16-23)25(28)13-12-22-9-7-15-31-22/h7,9-13,15-16,19,24H,3-6,8,14,17-18H2,1-2H3,(H,29,30)/b13-12+/t24-/m0/s1. The lowest BCUT2D eigenvalue weighted by atomic mass is 9.93. The van der Waals surface area contributed by atoms with Crippen molar-refractivity contribution in [3.63, 3.8) is 0 Å². The summed E-state index contributed by atoms with van der Waals surface area (Å²) in [4.78, 5) is 25.9. The fourth-order valence-electron chi connectivity index (χ4n) is 3.94. The van der Waals surface area contributed by atoms with Crippen LogP contribution in [0.3, 0.4) is 0 Å². The summed E-state index contributed by atoms with van der Waals surface area (Å²) in [7, 11) is 0. The SMILES string of the molecule is CC(C)CCCCCCOc1ccc2c(c1)CN(C(=O)/C=C/c1ccco1)[C@H](C(=O)O)C2. The topological polar surface area (TPSA) is 80.0 Å². The van der Waals surface area contributed by atoms with Crippen molar-refractivity contribution in [1.82, 2.24) is 4.90 Å². The Morgan fingerprint density at radius 2 is 2.00 bits per heavy atom. The van der Waals surface area contributed by atoms with Crippen molar-refractivity contribution >= 4 is 18.0 Å². The second-order valence-corrected chi connectivity index (χ2v) is 8.75. The van der Waals surface area contributed by atoms with Crippen LogP contribution in [0.1, 0.15) is 62.8 Å². The normalized spacial score (nSPS) is 15.8. The number of nitrogens with zero attached hydrogens (tertiary/aromatic N) is 1. The first-order chi connectivity index (χ1) is 15.4. The molecule has 172 valence electrons. The molecular weight excluding hydrogens is 406 g/mol. The molecule has 1 aromatic heterocycles. The van der Waals surface area contributed by atoms with Crippen LogP contribution >= 0.6 is 0 Å². The zero-order chi connectivity index (χ0) is 22.9. The van der Waals surface area contributed by atoms with Crippen molar-refractivity contribution in [2.24, 2.45) is 5.92 Å². The molecule has 1 aliphatic heterocycles. The van der Waals surface area contributed by atoms with E-state index in [9.17, 15) is 14.7 Å². The van der Waals surface area contributed by atoms with E-state index in [4.69, 9.17) is 9.15 Å². The highest BCUT2D eigenvalue weighted by molar-refractivity contribution is 5.94. The monoisotopic (exact) mass is 439 g/mol. The molecule has 1 amide bonds. The van der Waals surface area contributed by atoms with Gasteiger partial charge in [0, 0.05) is 19.0 Å². The number of unbranched alkanes of at least 4 members (excludes halogenated alkanes) is 3. The highest BCUT2D eigenvalue weighted by Crippen LogP contribution is 2.28. The van der Waals surface area contributed by atoms with Gasteiger partial charge in [0.2, 0.25) is 5.91 Å². The predicted octanol–water partition coefficient (Wildman–Crippen LogP) is 5.32. The Morgan fingerprint density at radius 3 is 2.72 bits per heavy atom. The summed E-state index contributed by atoms with van der Waals surface area (Å²) in [6.45, 7) is 5.40. The zero-order valence-corrected chi connectivity index (χ0v) is 19.0. The molecule has 2 aromatic rings. The minimum Gasteiger partial charge on any atom is -0.494 e. The number of amides is 1. The molecule has 3 rings (SSSR count). The molecule has 1 atom stereocenters. The number of carboxylic acids is 1. The molecule has 1 N–H and O–H groups in total. The highest BCUT2D eigenvalue weighted by Gasteiger charge is 2.33. The molecule has 0 saturated heterocycles. The Kier molecular flexibility index (Phi) is 8.54. The Bertz CT molecular complexity index is 916. The number of hydrogen-bond acceptors (Lipinski definition) is 4. The second kappa shape index (κ2) is 11.6. The third-order valence-electron chi connectivity index (χ3n) is 5.75. The van der Waals surface area contributed by atoms with Gasteiger partial charge in [-0.1, -0.05) is 45.6 Å². The summed E-state index contributed by atoms with van der Waals surface area (Å²) in [6, 6.07) is 8.32. The zero-order valence-electron chi connectivity index (χ0n) is 19.0. The number of carbonyl (C=O) groups excluding carboxylic acids is 1. The quantitative estimate of drug-likeness (QED) is 0.379. The second-order valence-electron chi connectivity index (χ2n) is 8.75. The van der Waals surface area contributed by atoms with Crippen LogP contribution in [-0.4, -0.2) is 34.5 Å². The minimum absolute atomic E-state index is 0.236.